The molecule has 3 aromatic rings. The number of amides is 1. The van der Waals surface area contributed by atoms with Gasteiger partial charge in [-0.1, -0.05) is 0 Å². The summed E-state index contributed by atoms with van der Waals surface area (Å²) in [6.45, 7) is 4.12. The summed E-state index contributed by atoms with van der Waals surface area (Å²) >= 11 is 0. The number of aromatic nitrogens is 4. The van der Waals surface area contributed by atoms with E-state index in [1.165, 1.54) is 18.5 Å². The molecule has 0 bridgehead atoms. The standard InChI is InChI=1S/C18H19F2N5O/c1-11-16(12(2)25-18(24-11)22-10-23-25)3-4-17(26)21-6-5-13-7-14(19)9-15(20)8-13/h7-10H,3-6H2,1-2H3,(H,21,26). The average Bonchev–Trinajstić information content (AvgIpc) is 3.02. The molecule has 1 N–H and O–H groups in total. The summed E-state index contributed by atoms with van der Waals surface area (Å²) < 4.78 is 27.9. The summed E-state index contributed by atoms with van der Waals surface area (Å²) in [7, 11) is 0. The van der Waals surface area contributed by atoms with Gasteiger partial charge in [0.05, 0.1) is 0 Å². The number of carbonyl (C=O) groups excluding carboxylic acids is 1. The normalized spacial score (nSPS) is 11.1. The molecule has 0 fully saturated rings. The average molecular weight is 359 g/mol. The van der Waals surface area contributed by atoms with E-state index < -0.39 is 11.6 Å². The lowest BCUT2D eigenvalue weighted by Crippen LogP contribution is -2.26. The quantitative estimate of drug-likeness (QED) is 0.733. The molecule has 0 spiro atoms. The minimum atomic E-state index is -0.617. The van der Waals surface area contributed by atoms with Crippen molar-refractivity contribution in [1.29, 1.82) is 0 Å². The van der Waals surface area contributed by atoms with E-state index in [1.807, 2.05) is 13.8 Å². The number of fused-ring (bicyclic) bond motifs is 1. The zero-order valence-electron chi connectivity index (χ0n) is 14.6. The number of hydrogen-bond donors (Lipinski definition) is 1. The molecule has 0 saturated heterocycles. The summed E-state index contributed by atoms with van der Waals surface area (Å²) in [5.41, 5.74) is 3.21. The van der Waals surface area contributed by atoms with Crippen LogP contribution >= 0.6 is 0 Å². The van der Waals surface area contributed by atoms with E-state index in [4.69, 9.17) is 0 Å². The van der Waals surface area contributed by atoms with Crippen molar-refractivity contribution < 1.29 is 13.6 Å². The van der Waals surface area contributed by atoms with Gasteiger partial charge in [0.25, 0.3) is 5.78 Å². The maximum Gasteiger partial charge on any atom is 0.252 e. The van der Waals surface area contributed by atoms with Gasteiger partial charge in [0.1, 0.15) is 18.0 Å². The summed E-state index contributed by atoms with van der Waals surface area (Å²) in [4.78, 5) is 20.5. The molecule has 0 aliphatic rings. The van der Waals surface area contributed by atoms with Crippen LogP contribution in [0.15, 0.2) is 24.5 Å². The first-order valence-corrected chi connectivity index (χ1v) is 8.31. The van der Waals surface area contributed by atoms with Crippen molar-refractivity contribution in [3.63, 3.8) is 0 Å². The number of benzene rings is 1. The second-order valence-electron chi connectivity index (χ2n) is 6.11. The van der Waals surface area contributed by atoms with E-state index in [2.05, 4.69) is 20.4 Å². The predicted molar refractivity (Wildman–Crippen MR) is 91.6 cm³/mol. The third kappa shape index (κ3) is 4.01. The van der Waals surface area contributed by atoms with Gasteiger partial charge in [0.2, 0.25) is 5.91 Å². The number of aryl methyl sites for hydroxylation is 2. The van der Waals surface area contributed by atoms with Gasteiger partial charge in [-0.15, -0.1) is 0 Å². The maximum atomic E-state index is 13.1. The fourth-order valence-electron chi connectivity index (χ4n) is 2.95. The van der Waals surface area contributed by atoms with E-state index in [-0.39, 0.29) is 5.91 Å². The van der Waals surface area contributed by atoms with E-state index in [0.717, 1.165) is 23.0 Å². The Bertz CT molecular complexity index is 934. The molecule has 136 valence electrons. The molecule has 6 nitrogen and oxygen atoms in total. The molecule has 0 saturated carbocycles. The Morgan fingerprint density at radius 2 is 1.88 bits per heavy atom. The van der Waals surface area contributed by atoms with E-state index in [9.17, 15) is 13.6 Å². The van der Waals surface area contributed by atoms with Crippen LogP contribution in [0.1, 0.15) is 28.9 Å². The number of nitrogens with zero attached hydrogens (tertiary/aromatic N) is 4. The van der Waals surface area contributed by atoms with Crippen molar-refractivity contribution in [1.82, 2.24) is 24.9 Å². The van der Waals surface area contributed by atoms with Crippen LogP contribution in [0.3, 0.4) is 0 Å². The van der Waals surface area contributed by atoms with Crippen molar-refractivity contribution in [2.24, 2.45) is 0 Å². The summed E-state index contributed by atoms with van der Waals surface area (Å²) in [5.74, 6) is -0.823. The Labute approximate surface area is 149 Å². The Balaban J connectivity index is 1.54. The highest BCUT2D eigenvalue weighted by Gasteiger charge is 2.12. The number of rotatable bonds is 6. The van der Waals surface area contributed by atoms with E-state index in [1.54, 1.807) is 4.52 Å². The molecule has 8 heteroatoms. The zero-order chi connectivity index (χ0) is 18.7. The summed E-state index contributed by atoms with van der Waals surface area (Å²) in [6.07, 6.45) is 2.63. The molecule has 3 rings (SSSR count). The second-order valence-corrected chi connectivity index (χ2v) is 6.11. The minimum absolute atomic E-state index is 0.126. The van der Waals surface area contributed by atoms with Gasteiger partial charge in [0.15, 0.2) is 0 Å². The molecule has 2 aromatic heterocycles. The summed E-state index contributed by atoms with van der Waals surface area (Å²) in [6, 6.07) is 3.36. The van der Waals surface area contributed by atoms with Gasteiger partial charge in [-0.05, 0) is 49.9 Å². The Morgan fingerprint density at radius 1 is 1.15 bits per heavy atom. The van der Waals surface area contributed by atoms with Gasteiger partial charge in [-0.25, -0.2) is 18.3 Å². The molecule has 1 aromatic carbocycles. The number of carbonyl (C=O) groups is 1. The zero-order valence-corrected chi connectivity index (χ0v) is 14.6. The smallest absolute Gasteiger partial charge is 0.252 e. The fraction of sp³-hybridized carbons (Fsp3) is 0.333. The SMILES string of the molecule is Cc1nc2ncnn2c(C)c1CCC(=O)NCCc1cc(F)cc(F)c1. The molecule has 2 heterocycles. The Morgan fingerprint density at radius 3 is 2.62 bits per heavy atom. The van der Waals surface area contributed by atoms with Crippen molar-refractivity contribution in [2.75, 3.05) is 6.54 Å². The molecular formula is C18H19F2N5O. The maximum absolute atomic E-state index is 13.1. The van der Waals surface area contributed by atoms with Gasteiger partial charge in [-0.2, -0.15) is 10.1 Å². The van der Waals surface area contributed by atoms with Crippen molar-refractivity contribution >= 4 is 11.7 Å². The largest absolute Gasteiger partial charge is 0.356 e. The highest BCUT2D eigenvalue weighted by molar-refractivity contribution is 5.76. The van der Waals surface area contributed by atoms with Crippen LogP contribution < -0.4 is 5.32 Å². The summed E-state index contributed by atoms with van der Waals surface area (Å²) in [5, 5.41) is 6.90. The van der Waals surface area contributed by atoms with E-state index in [0.29, 0.717) is 37.1 Å². The molecule has 1 amide bonds. The Kier molecular flexibility index (Phi) is 5.20. The topological polar surface area (TPSA) is 72.2 Å². The van der Waals surface area contributed by atoms with Crippen LogP contribution in [-0.2, 0) is 17.6 Å². The third-order valence-corrected chi connectivity index (χ3v) is 4.25. The molecule has 0 aliphatic carbocycles. The molecular weight excluding hydrogens is 340 g/mol. The molecule has 0 unspecified atom stereocenters. The molecule has 0 radical (unpaired) electrons. The van der Waals surface area contributed by atoms with Crippen LogP contribution in [0.5, 0.6) is 0 Å². The molecule has 0 atom stereocenters. The monoisotopic (exact) mass is 359 g/mol. The molecule has 0 aliphatic heterocycles. The molecule has 26 heavy (non-hydrogen) atoms. The van der Waals surface area contributed by atoms with Crippen LogP contribution in [0.4, 0.5) is 8.78 Å². The minimum Gasteiger partial charge on any atom is -0.356 e. The van der Waals surface area contributed by atoms with Crippen molar-refractivity contribution in [3.05, 3.63) is 58.7 Å². The second kappa shape index (κ2) is 7.55. The van der Waals surface area contributed by atoms with Gasteiger partial charge >= 0.3 is 0 Å². The van der Waals surface area contributed by atoms with Crippen molar-refractivity contribution in [3.8, 4) is 0 Å². The van der Waals surface area contributed by atoms with Gasteiger partial charge < -0.3 is 5.32 Å². The highest BCUT2D eigenvalue weighted by Crippen LogP contribution is 2.15. The van der Waals surface area contributed by atoms with Crippen LogP contribution in [0, 0.1) is 25.5 Å². The van der Waals surface area contributed by atoms with E-state index >= 15 is 0 Å². The highest BCUT2D eigenvalue weighted by atomic mass is 19.1. The third-order valence-electron chi connectivity index (χ3n) is 4.25. The van der Waals surface area contributed by atoms with Crippen LogP contribution in [-0.4, -0.2) is 32.0 Å². The first-order valence-electron chi connectivity index (χ1n) is 8.31. The lowest BCUT2D eigenvalue weighted by atomic mass is 10.1. The first-order chi connectivity index (χ1) is 12.4. The van der Waals surface area contributed by atoms with Crippen molar-refractivity contribution in [2.45, 2.75) is 33.1 Å². The number of hydrogen-bond acceptors (Lipinski definition) is 4. The first kappa shape index (κ1) is 17.9. The lowest BCUT2D eigenvalue weighted by molar-refractivity contribution is -0.121. The predicted octanol–water partition coefficient (Wildman–Crippen LogP) is 2.31. The van der Waals surface area contributed by atoms with Gasteiger partial charge in [-0.3, -0.25) is 4.79 Å². The van der Waals surface area contributed by atoms with Crippen LogP contribution in [0.25, 0.3) is 5.78 Å². The lowest BCUT2D eigenvalue weighted by Gasteiger charge is -2.10. The fourth-order valence-corrected chi connectivity index (χ4v) is 2.95. The number of halogens is 2. The number of nitrogens with one attached hydrogen (secondary N) is 1. The van der Waals surface area contributed by atoms with Gasteiger partial charge in [0, 0.05) is 30.4 Å². The Hall–Kier alpha value is -2.90. The van der Waals surface area contributed by atoms with Crippen LogP contribution in [0.2, 0.25) is 0 Å².